The second kappa shape index (κ2) is 11.2. The Labute approximate surface area is 212 Å². The summed E-state index contributed by atoms with van der Waals surface area (Å²) >= 11 is 0. The van der Waals surface area contributed by atoms with Crippen molar-refractivity contribution in [2.75, 3.05) is 40.3 Å². The van der Waals surface area contributed by atoms with Crippen LogP contribution in [0.1, 0.15) is 61.9 Å². The van der Waals surface area contributed by atoms with Crippen molar-refractivity contribution in [3.8, 4) is 17.6 Å². The van der Waals surface area contributed by atoms with Crippen molar-refractivity contribution >= 4 is 11.9 Å². The number of likely N-dealkylation sites (N-methyl/N-ethyl adjacent to an activating group) is 2. The number of ether oxygens (including phenoxy) is 3. The maximum atomic E-state index is 13.1. The third-order valence-corrected chi connectivity index (χ3v) is 7.27. The van der Waals surface area contributed by atoms with Gasteiger partial charge in [-0.3, -0.25) is 4.79 Å². The van der Waals surface area contributed by atoms with Crippen molar-refractivity contribution in [3.63, 3.8) is 0 Å². The summed E-state index contributed by atoms with van der Waals surface area (Å²) in [6.07, 6.45) is 5.30. The van der Waals surface area contributed by atoms with Gasteiger partial charge in [-0.25, -0.2) is 9.78 Å². The molecule has 0 atom stereocenters. The Morgan fingerprint density at radius 2 is 1.94 bits per heavy atom. The Hall–Kier alpha value is -3.20. The lowest BCUT2D eigenvalue weighted by Crippen LogP contribution is -2.42. The zero-order chi connectivity index (χ0) is 25.7. The summed E-state index contributed by atoms with van der Waals surface area (Å²) in [5.74, 6) is 0.617. The minimum absolute atomic E-state index is 0.0440. The van der Waals surface area contributed by atoms with E-state index >= 15 is 0 Å². The van der Waals surface area contributed by atoms with Crippen molar-refractivity contribution in [1.82, 2.24) is 19.8 Å². The van der Waals surface area contributed by atoms with Crippen molar-refractivity contribution in [1.29, 1.82) is 0 Å². The maximum absolute atomic E-state index is 13.1. The first-order valence-corrected chi connectivity index (χ1v) is 12.8. The molecule has 1 amide bonds. The van der Waals surface area contributed by atoms with Crippen LogP contribution in [0.15, 0.2) is 30.5 Å². The van der Waals surface area contributed by atoms with Gasteiger partial charge < -0.3 is 24.0 Å². The van der Waals surface area contributed by atoms with Crippen LogP contribution in [0.2, 0.25) is 0 Å². The highest BCUT2D eigenvalue weighted by molar-refractivity contribution is 5.95. The second-order valence-electron chi connectivity index (χ2n) is 9.54. The maximum Gasteiger partial charge on any atom is 0.339 e. The summed E-state index contributed by atoms with van der Waals surface area (Å²) in [5, 5.41) is 0. The van der Waals surface area contributed by atoms with Crippen molar-refractivity contribution in [3.05, 3.63) is 41.6 Å². The fraction of sp³-hybridized carbons (Fsp3) is 0.556. The van der Waals surface area contributed by atoms with Crippen molar-refractivity contribution < 1.29 is 23.8 Å². The van der Waals surface area contributed by atoms with Gasteiger partial charge >= 0.3 is 12.0 Å². The molecule has 0 radical (unpaired) electrons. The van der Waals surface area contributed by atoms with E-state index in [-0.39, 0.29) is 23.8 Å². The van der Waals surface area contributed by atoms with Crippen molar-refractivity contribution in [2.45, 2.75) is 51.6 Å². The molecule has 9 nitrogen and oxygen atoms in total. The standard InChI is InChI=1S/C27H36N4O5/c1-5-15-31(6-2)17-16-30(3)24(32)19-9-12-27(13-10-19)22-8-7-20(18-21(22)25(33)36-27)35-26-28-14-11-23(29-26)34-4/h7-8,11,14,18-19H,5-6,9-10,12-13,15-17H2,1-4H3. The highest BCUT2D eigenvalue weighted by Gasteiger charge is 2.48. The van der Waals surface area contributed by atoms with Gasteiger partial charge in [-0.1, -0.05) is 19.9 Å². The molecule has 9 heteroatoms. The van der Waals surface area contributed by atoms with Gasteiger partial charge in [0.15, 0.2) is 0 Å². The largest absolute Gasteiger partial charge is 0.481 e. The van der Waals surface area contributed by atoms with Crippen LogP contribution >= 0.6 is 0 Å². The van der Waals surface area contributed by atoms with Crippen molar-refractivity contribution in [2.24, 2.45) is 5.92 Å². The van der Waals surface area contributed by atoms with Crippen LogP contribution in [-0.2, 0) is 15.1 Å². The Bertz CT molecular complexity index is 1080. The number of amides is 1. The number of aromatic nitrogens is 2. The molecule has 36 heavy (non-hydrogen) atoms. The first-order chi connectivity index (χ1) is 17.4. The van der Waals surface area contributed by atoms with Gasteiger partial charge in [-0.05, 0) is 57.3 Å². The number of carbonyl (C=O) groups is 2. The predicted octanol–water partition coefficient (Wildman–Crippen LogP) is 4.02. The van der Waals surface area contributed by atoms with E-state index < -0.39 is 5.60 Å². The van der Waals surface area contributed by atoms with Crippen LogP contribution < -0.4 is 9.47 Å². The fourth-order valence-corrected chi connectivity index (χ4v) is 5.19. The van der Waals surface area contributed by atoms with E-state index in [1.807, 2.05) is 18.0 Å². The third-order valence-electron chi connectivity index (χ3n) is 7.27. The van der Waals surface area contributed by atoms with Crippen LogP contribution in [0.25, 0.3) is 0 Å². The zero-order valence-corrected chi connectivity index (χ0v) is 21.7. The quantitative estimate of drug-likeness (QED) is 0.455. The van der Waals surface area contributed by atoms with Gasteiger partial charge in [-0.2, -0.15) is 4.98 Å². The van der Waals surface area contributed by atoms with E-state index in [4.69, 9.17) is 14.2 Å². The molecule has 1 fully saturated rings. The molecule has 0 saturated heterocycles. The monoisotopic (exact) mass is 496 g/mol. The highest BCUT2D eigenvalue weighted by atomic mass is 16.6. The number of methoxy groups -OCH3 is 1. The molecule has 2 heterocycles. The van der Waals surface area contributed by atoms with Crippen LogP contribution in [-0.4, -0.2) is 72.0 Å². The SMILES string of the molecule is CCCN(CC)CCN(C)C(=O)C1CCC2(CC1)OC(=O)c1cc(Oc3nccc(OC)n3)ccc12. The first-order valence-electron chi connectivity index (χ1n) is 12.8. The number of fused-ring (bicyclic) bond motifs is 2. The predicted molar refractivity (Wildman–Crippen MR) is 134 cm³/mol. The molecule has 194 valence electrons. The molecular weight excluding hydrogens is 460 g/mol. The number of rotatable bonds is 10. The molecule has 0 unspecified atom stereocenters. The molecule has 1 spiro atoms. The third kappa shape index (κ3) is 5.46. The van der Waals surface area contributed by atoms with Gasteiger partial charge in [0.2, 0.25) is 11.8 Å². The summed E-state index contributed by atoms with van der Waals surface area (Å²) in [6.45, 7) is 7.98. The highest BCUT2D eigenvalue weighted by Crippen LogP contribution is 2.49. The number of nitrogens with zero attached hydrogens (tertiary/aromatic N) is 4. The van der Waals surface area contributed by atoms with Gasteiger partial charge in [0.1, 0.15) is 11.4 Å². The van der Waals surface area contributed by atoms with E-state index in [2.05, 4.69) is 28.7 Å². The van der Waals surface area contributed by atoms with Gasteiger partial charge in [-0.15, -0.1) is 0 Å². The molecule has 0 N–H and O–H groups in total. The summed E-state index contributed by atoms with van der Waals surface area (Å²) in [4.78, 5) is 38.3. The van der Waals surface area contributed by atoms with Crippen LogP contribution in [0.5, 0.6) is 17.6 Å². The molecule has 2 aliphatic rings. The van der Waals surface area contributed by atoms with Crippen LogP contribution in [0.3, 0.4) is 0 Å². The minimum Gasteiger partial charge on any atom is -0.481 e. The Balaban J connectivity index is 1.39. The average Bonchev–Trinajstić information content (AvgIpc) is 3.16. The molecule has 2 aromatic rings. The minimum atomic E-state index is -0.674. The van der Waals surface area contributed by atoms with Gasteiger partial charge in [0.25, 0.3) is 0 Å². The Kier molecular flexibility index (Phi) is 8.08. The van der Waals surface area contributed by atoms with Crippen LogP contribution in [0.4, 0.5) is 0 Å². The summed E-state index contributed by atoms with van der Waals surface area (Å²) in [6, 6.07) is 7.12. The molecule has 1 saturated carbocycles. The van der Waals surface area contributed by atoms with E-state index in [1.54, 1.807) is 24.4 Å². The van der Waals surface area contributed by atoms with Gasteiger partial charge in [0.05, 0.1) is 12.7 Å². The molecule has 0 bridgehead atoms. The number of benzene rings is 1. The first kappa shape index (κ1) is 25.9. The van der Waals surface area contributed by atoms with E-state index in [9.17, 15) is 9.59 Å². The Morgan fingerprint density at radius 3 is 2.64 bits per heavy atom. The molecule has 4 rings (SSSR count). The lowest BCUT2D eigenvalue weighted by molar-refractivity contribution is -0.137. The number of hydrogen-bond acceptors (Lipinski definition) is 8. The lowest BCUT2D eigenvalue weighted by Gasteiger charge is -2.37. The smallest absolute Gasteiger partial charge is 0.339 e. The van der Waals surface area contributed by atoms with Gasteiger partial charge in [0, 0.05) is 43.9 Å². The summed E-state index contributed by atoms with van der Waals surface area (Å²) < 4.78 is 16.8. The lowest BCUT2D eigenvalue weighted by atomic mass is 9.74. The number of esters is 1. The fourth-order valence-electron chi connectivity index (χ4n) is 5.19. The van der Waals surface area contributed by atoms with Crippen LogP contribution in [0, 0.1) is 5.92 Å². The summed E-state index contributed by atoms with van der Waals surface area (Å²) in [5.41, 5.74) is 0.684. The zero-order valence-electron chi connectivity index (χ0n) is 21.7. The second-order valence-corrected chi connectivity index (χ2v) is 9.54. The topological polar surface area (TPSA) is 94.1 Å². The average molecular weight is 497 g/mol. The molecular formula is C27H36N4O5. The number of hydrogen-bond donors (Lipinski definition) is 0. The molecule has 1 aromatic carbocycles. The molecule has 1 aliphatic carbocycles. The summed E-state index contributed by atoms with van der Waals surface area (Å²) in [7, 11) is 3.41. The molecule has 1 aromatic heterocycles. The molecule has 1 aliphatic heterocycles. The van der Waals surface area contributed by atoms with E-state index in [1.165, 1.54) is 7.11 Å². The van der Waals surface area contributed by atoms with E-state index in [0.717, 1.165) is 38.2 Å². The van der Waals surface area contributed by atoms with E-state index in [0.29, 0.717) is 42.9 Å². The number of carbonyl (C=O) groups excluding carboxylic acids is 2. The Morgan fingerprint density at radius 1 is 1.17 bits per heavy atom. The normalized spacial score (nSPS) is 20.8.